The largest absolute Gasteiger partial charge is 0.386 e. The second-order valence-corrected chi connectivity index (χ2v) is 4.91. The normalized spacial score (nSPS) is 22.4. The molecule has 0 saturated carbocycles. The Labute approximate surface area is 113 Å². The molecule has 104 valence electrons. The molecule has 0 spiro atoms. The lowest BCUT2D eigenvalue weighted by molar-refractivity contribution is 0.0268. The van der Waals surface area contributed by atoms with Crippen molar-refractivity contribution in [2.45, 2.75) is 18.6 Å². The van der Waals surface area contributed by atoms with Gasteiger partial charge in [-0.3, -0.25) is 4.79 Å². The van der Waals surface area contributed by atoms with Crippen LogP contribution < -0.4 is 10.6 Å². The first-order valence-corrected chi connectivity index (χ1v) is 6.45. The first-order valence-electron chi connectivity index (χ1n) is 6.45. The van der Waals surface area contributed by atoms with Gasteiger partial charge in [0.15, 0.2) is 0 Å². The molecule has 1 unspecified atom stereocenters. The molecule has 1 fully saturated rings. The summed E-state index contributed by atoms with van der Waals surface area (Å²) in [5.74, 6) is -0.0862. The third-order valence-corrected chi connectivity index (χ3v) is 3.31. The van der Waals surface area contributed by atoms with Crippen LogP contribution in [0.2, 0.25) is 0 Å². The molecule has 19 heavy (non-hydrogen) atoms. The minimum Gasteiger partial charge on any atom is -0.386 e. The highest BCUT2D eigenvalue weighted by Gasteiger charge is 2.31. The van der Waals surface area contributed by atoms with Gasteiger partial charge in [-0.1, -0.05) is 12.1 Å². The van der Waals surface area contributed by atoms with Crippen LogP contribution in [0.25, 0.3) is 0 Å². The number of carbonyl (C=O) groups excluding carboxylic acids is 1. The highest BCUT2D eigenvalue weighted by Crippen LogP contribution is 2.17. The average molecular weight is 264 g/mol. The first kappa shape index (κ1) is 14.0. The summed E-state index contributed by atoms with van der Waals surface area (Å²) in [4.78, 5) is 11.4. The maximum Gasteiger partial charge on any atom is 0.251 e. The maximum atomic E-state index is 11.4. The fourth-order valence-corrected chi connectivity index (χ4v) is 2.09. The SMILES string of the molecule is CNC(=O)c1ccc(CNCC2(O)CCOC2)cc1. The molecule has 1 aromatic rings. The Morgan fingerprint density at radius 1 is 1.42 bits per heavy atom. The van der Waals surface area contributed by atoms with Crippen LogP contribution in [-0.4, -0.2) is 43.4 Å². The van der Waals surface area contributed by atoms with Crippen molar-refractivity contribution in [3.63, 3.8) is 0 Å². The van der Waals surface area contributed by atoms with Gasteiger partial charge in [0.05, 0.1) is 6.61 Å². The number of nitrogens with one attached hydrogen (secondary N) is 2. The zero-order valence-electron chi connectivity index (χ0n) is 11.1. The lowest BCUT2D eigenvalue weighted by Gasteiger charge is -2.20. The summed E-state index contributed by atoms with van der Waals surface area (Å²) in [6.07, 6.45) is 0.676. The van der Waals surface area contributed by atoms with E-state index in [9.17, 15) is 9.90 Å². The molecule has 1 amide bonds. The number of hydrogen-bond donors (Lipinski definition) is 3. The lowest BCUT2D eigenvalue weighted by Crippen LogP contribution is -2.40. The van der Waals surface area contributed by atoms with E-state index < -0.39 is 5.60 Å². The second kappa shape index (κ2) is 6.14. The molecule has 1 aliphatic rings. The number of carbonyl (C=O) groups is 1. The molecule has 0 aliphatic carbocycles. The average Bonchev–Trinajstić information content (AvgIpc) is 2.86. The molecule has 0 aromatic heterocycles. The Bertz CT molecular complexity index is 425. The van der Waals surface area contributed by atoms with E-state index in [0.717, 1.165) is 5.56 Å². The van der Waals surface area contributed by atoms with E-state index in [4.69, 9.17) is 4.74 Å². The van der Waals surface area contributed by atoms with Crippen LogP contribution in [0.5, 0.6) is 0 Å². The van der Waals surface area contributed by atoms with Gasteiger partial charge in [0, 0.05) is 38.7 Å². The van der Waals surface area contributed by atoms with Crippen LogP contribution in [0, 0.1) is 0 Å². The van der Waals surface area contributed by atoms with Gasteiger partial charge in [-0.05, 0) is 17.7 Å². The Balaban J connectivity index is 1.81. The first-order chi connectivity index (χ1) is 9.13. The van der Waals surface area contributed by atoms with Crippen LogP contribution in [0.1, 0.15) is 22.3 Å². The Kier molecular flexibility index (Phi) is 4.52. The van der Waals surface area contributed by atoms with Gasteiger partial charge in [-0.2, -0.15) is 0 Å². The third kappa shape index (κ3) is 3.76. The number of benzene rings is 1. The van der Waals surface area contributed by atoms with Gasteiger partial charge in [0.2, 0.25) is 0 Å². The fourth-order valence-electron chi connectivity index (χ4n) is 2.09. The van der Waals surface area contributed by atoms with E-state index >= 15 is 0 Å². The predicted octanol–water partition coefficient (Wildman–Crippen LogP) is 0.287. The quantitative estimate of drug-likeness (QED) is 0.715. The zero-order chi connectivity index (χ0) is 13.7. The molecule has 3 N–H and O–H groups in total. The van der Waals surface area contributed by atoms with Crippen molar-refractivity contribution in [1.29, 1.82) is 0 Å². The van der Waals surface area contributed by atoms with E-state index in [2.05, 4.69) is 10.6 Å². The highest BCUT2D eigenvalue weighted by atomic mass is 16.5. The van der Waals surface area contributed by atoms with Gasteiger partial charge in [0.25, 0.3) is 5.91 Å². The molecule has 1 heterocycles. The van der Waals surface area contributed by atoms with Gasteiger partial charge in [-0.15, -0.1) is 0 Å². The van der Waals surface area contributed by atoms with Crippen molar-refractivity contribution < 1.29 is 14.6 Å². The number of amides is 1. The van der Waals surface area contributed by atoms with Crippen molar-refractivity contribution in [2.24, 2.45) is 0 Å². The van der Waals surface area contributed by atoms with Crippen LogP contribution >= 0.6 is 0 Å². The number of hydrogen-bond acceptors (Lipinski definition) is 4. The smallest absolute Gasteiger partial charge is 0.251 e. The van der Waals surface area contributed by atoms with Gasteiger partial charge in [-0.25, -0.2) is 0 Å². The molecule has 1 saturated heterocycles. The standard InChI is InChI=1S/C14H20N2O3/c1-15-13(17)12-4-2-11(3-5-12)8-16-9-14(18)6-7-19-10-14/h2-5,16,18H,6-10H2,1H3,(H,15,17). The summed E-state index contributed by atoms with van der Waals surface area (Å²) in [5.41, 5.74) is 0.992. The van der Waals surface area contributed by atoms with Crippen molar-refractivity contribution in [3.05, 3.63) is 35.4 Å². The minimum atomic E-state index is -0.734. The Morgan fingerprint density at radius 2 is 2.16 bits per heavy atom. The molecule has 0 radical (unpaired) electrons. The van der Waals surface area contributed by atoms with Crippen molar-refractivity contribution in [3.8, 4) is 0 Å². The summed E-state index contributed by atoms with van der Waals surface area (Å²) in [6.45, 7) is 2.20. The molecule has 5 nitrogen and oxygen atoms in total. The Hall–Kier alpha value is -1.43. The summed E-state index contributed by atoms with van der Waals surface area (Å²) >= 11 is 0. The van der Waals surface area contributed by atoms with Crippen molar-refractivity contribution >= 4 is 5.91 Å². The Morgan fingerprint density at radius 3 is 2.74 bits per heavy atom. The van der Waals surface area contributed by atoms with E-state index in [1.54, 1.807) is 19.2 Å². The molecule has 5 heteroatoms. The van der Waals surface area contributed by atoms with Crippen molar-refractivity contribution in [2.75, 3.05) is 26.8 Å². The molecule has 0 bridgehead atoms. The summed E-state index contributed by atoms with van der Waals surface area (Å²) in [7, 11) is 1.61. The molecule has 1 atom stereocenters. The van der Waals surface area contributed by atoms with Crippen LogP contribution in [0.15, 0.2) is 24.3 Å². The van der Waals surface area contributed by atoms with E-state index in [-0.39, 0.29) is 5.91 Å². The lowest BCUT2D eigenvalue weighted by atomic mass is 10.0. The summed E-state index contributed by atoms with van der Waals surface area (Å²) < 4.78 is 5.18. The van der Waals surface area contributed by atoms with Crippen LogP contribution in [-0.2, 0) is 11.3 Å². The molecule has 1 aromatic carbocycles. The summed E-state index contributed by atoms with van der Waals surface area (Å²) in [6, 6.07) is 7.41. The van der Waals surface area contributed by atoms with Crippen molar-refractivity contribution in [1.82, 2.24) is 10.6 Å². The fraction of sp³-hybridized carbons (Fsp3) is 0.500. The van der Waals surface area contributed by atoms with Crippen LogP contribution in [0.3, 0.4) is 0 Å². The number of aliphatic hydroxyl groups is 1. The molecule has 1 aliphatic heterocycles. The monoisotopic (exact) mass is 264 g/mol. The van der Waals surface area contributed by atoms with E-state index in [1.165, 1.54) is 0 Å². The summed E-state index contributed by atoms with van der Waals surface area (Å²) in [5, 5.41) is 15.9. The van der Waals surface area contributed by atoms with Gasteiger partial charge in [0.1, 0.15) is 5.60 Å². The van der Waals surface area contributed by atoms with E-state index in [0.29, 0.717) is 38.3 Å². The highest BCUT2D eigenvalue weighted by molar-refractivity contribution is 5.93. The predicted molar refractivity (Wildman–Crippen MR) is 71.9 cm³/mol. The van der Waals surface area contributed by atoms with Gasteiger partial charge < -0.3 is 20.5 Å². The minimum absolute atomic E-state index is 0.0862. The molecular weight excluding hydrogens is 244 g/mol. The zero-order valence-corrected chi connectivity index (χ0v) is 11.1. The van der Waals surface area contributed by atoms with Gasteiger partial charge >= 0.3 is 0 Å². The van der Waals surface area contributed by atoms with E-state index in [1.807, 2.05) is 12.1 Å². The number of rotatable bonds is 5. The topological polar surface area (TPSA) is 70.6 Å². The third-order valence-electron chi connectivity index (χ3n) is 3.31. The second-order valence-electron chi connectivity index (χ2n) is 4.91. The maximum absolute atomic E-state index is 11.4. The molecular formula is C14H20N2O3. The molecule has 2 rings (SSSR count). The van der Waals surface area contributed by atoms with Crippen LogP contribution in [0.4, 0.5) is 0 Å². The number of ether oxygens (including phenoxy) is 1.